The lowest BCUT2D eigenvalue weighted by molar-refractivity contribution is 0.437. The molecule has 3 nitrogen and oxygen atoms in total. The fraction of sp³-hybridized carbons (Fsp3) is 0.786. The number of nitrogens with zero attached hydrogens (tertiary/aromatic N) is 2. The standard InChI is InChI=1S/C14H27N3/c1-5-6-7-8-9-12(2)16-13(3)14-10-15-17(4)11-14/h10-13,16H,5-9H2,1-4H3. The van der Waals surface area contributed by atoms with Crippen molar-refractivity contribution in [3.05, 3.63) is 18.0 Å². The van der Waals surface area contributed by atoms with E-state index in [9.17, 15) is 0 Å². The van der Waals surface area contributed by atoms with E-state index < -0.39 is 0 Å². The molecule has 0 spiro atoms. The molecule has 0 bridgehead atoms. The normalized spacial score (nSPS) is 14.8. The Hall–Kier alpha value is -0.830. The van der Waals surface area contributed by atoms with Crippen molar-refractivity contribution in [2.45, 2.75) is 65.0 Å². The summed E-state index contributed by atoms with van der Waals surface area (Å²) in [4.78, 5) is 0. The highest BCUT2D eigenvalue weighted by Crippen LogP contribution is 2.13. The molecule has 0 radical (unpaired) electrons. The van der Waals surface area contributed by atoms with Crippen molar-refractivity contribution in [3.8, 4) is 0 Å². The lowest BCUT2D eigenvalue weighted by Gasteiger charge is -2.19. The molecule has 1 rings (SSSR count). The van der Waals surface area contributed by atoms with Gasteiger partial charge in [-0.25, -0.2) is 0 Å². The van der Waals surface area contributed by atoms with Crippen LogP contribution >= 0.6 is 0 Å². The molecule has 0 fully saturated rings. The molecule has 17 heavy (non-hydrogen) atoms. The Bertz CT molecular complexity index is 306. The quantitative estimate of drug-likeness (QED) is 0.702. The van der Waals surface area contributed by atoms with E-state index >= 15 is 0 Å². The Kier molecular flexibility index (Phi) is 6.27. The smallest absolute Gasteiger partial charge is 0.0537 e. The van der Waals surface area contributed by atoms with Crippen molar-refractivity contribution in [1.29, 1.82) is 0 Å². The molecule has 0 aliphatic heterocycles. The summed E-state index contributed by atoms with van der Waals surface area (Å²) in [6.07, 6.45) is 10.7. The van der Waals surface area contributed by atoms with E-state index in [-0.39, 0.29) is 0 Å². The third-order valence-corrected chi connectivity index (χ3v) is 3.25. The van der Waals surface area contributed by atoms with Gasteiger partial charge in [0, 0.05) is 30.9 Å². The monoisotopic (exact) mass is 237 g/mol. The van der Waals surface area contributed by atoms with Crippen LogP contribution in [0.25, 0.3) is 0 Å². The summed E-state index contributed by atoms with van der Waals surface area (Å²) in [6, 6.07) is 0.979. The lowest BCUT2D eigenvalue weighted by atomic mass is 10.1. The molecule has 0 aliphatic rings. The van der Waals surface area contributed by atoms with Crippen molar-refractivity contribution in [3.63, 3.8) is 0 Å². The van der Waals surface area contributed by atoms with E-state index in [0.717, 1.165) is 0 Å². The minimum Gasteiger partial charge on any atom is -0.308 e. The molecule has 1 N–H and O–H groups in total. The molecule has 3 heteroatoms. The summed E-state index contributed by atoms with van der Waals surface area (Å²) >= 11 is 0. The fourth-order valence-corrected chi connectivity index (χ4v) is 2.15. The van der Waals surface area contributed by atoms with Crippen LogP contribution in [0.1, 0.15) is 64.5 Å². The molecule has 0 amide bonds. The van der Waals surface area contributed by atoms with Crippen molar-refractivity contribution in [1.82, 2.24) is 15.1 Å². The highest BCUT2D eigenvalue weighted by Gasteiger charge is 2.10. The molecule has 0 saturated heterocycles. The predicted octanol–water partition coefficient (Wildman–Crippen LogP) is 3.43. The van der Waals surface area contributed by atoms with Crippen molar-refractivity contribution in [2.24, 2.45) is 7.05 Å². The van der Waals surface area contributed by atoms with Gasteiger partial charge in [0.1, 0.15) is 0 Å². The largest absolute Gasteiger partial charge is 0.308 e. The summed E-state index contributed by atoms with van der Waals surface area (Å²) in [7, 11) is 1.96. The van der Waals surface area contributed by atoms with Crippen LogP contribution in [-0.4, -0.2) is 15.8 Å². The SMILES string of the molecule is CCCCCCC(C)NC(C)c1cnn(C)c1. The van der Waals surface area contributed by atoms with Gasteiger partial charge >= 0.3 is 0 Å². The van der Waals surface area contributed by atoms with Crippen LogP contribution < -0.4 is 5.32 Å². The van der Waals surface area contributed by atoms with E-state index in [2.05, 4.69) is 37.4 Å². The number of hydrogen-bond acceptors (Lipinski definition) is 2. The van der Waals surface area contributed by atoms with Crippen molar-refractivity contribution in [2.75, 3.05) is 0 Å². The van der Waals surface area contributed by atoms with E-state index in [0.29, 0.717) is 12.1 Å². The number of aryl methyl sites for hydroxylation is 1. The zero-order valence-electron chi connectivity index (χ0n) is 11.7. The van der Waals surface area contributed by atoms with Crippen LogP contribution in [-0.2, 0) is 7.05 Å². The maximum atomic E-state index is 4.21. The van der Waals surface area contributed by atoms with Crippen LogP contribution in [0.2, 0.25) is 0 Å². The van der Waals surface area contributed by atoms with Crippen LogP contribution in [0.15, 0.2) is 12.4 Å². The second-order valence-corrected chi connectivity index (χ2v) is 5.09. The van der Waals surface area contributed by atoms with Gasteiger partial charge in [-0.3, -0.25) is 4.68 Å². The van der Waals surface area contributed by atoms with Gasteiger partial charge in [-0.2, -0.15) is 5.10 Å². The highest BCUT2D eigenvalue weighted by molar-refractivity contribution is 5.09. The molecule has 1 aromatic rings. The van der Waals surface area contributed by atoms with Crippen LogP contribution in [0.4, 0.5) is 0 Å². The van der Waals surface area contributed by atoms with Gasteiger partial charge in [0.15, 0.2) is 0 Å². The number of hydrogen-bond donors (Lipinski definition) is 1. The zero-order valence-corrected chi connectivity index (χ0v) is 11.7. The molecule has 2 unspecified atom stereocenters. The molecular formula is C14H27N3. The topological polar surface area (TPSA) is 29.9 Å². The number of nitrogens with one attached hydrogen (secondary N) is 1. The summed E-state index contributed by atoms with van der Waals surface area (Å²) in [5.74, 6) is 0. The average Bonchev–Trinajstić information content (AvgIpc) is 2.71. The third kappa shape index (κ3) is 5.35. The van der Waals surface area contributed by atoms with Crippen LogP contribution in [0.3, 0.4) is 0 Å². The van der Waals surface area contributed by atoms with E-state index in [1.807, 2.05) is 17.9 Å². The summed E-state index contributed by atoms with van der Waals surface area (Å²) < 4.78 is 1.86. The molecule has 98 valence electrons. The van der Waals surface area contributed by atoms with Crippen molar-refractivity contribution >= 4 is 0 Å². The van der Waals surface area contributed by atoms with E-state index in [4.69, 9.17) is 0 Å². The zero-order chi connectivity index (χ0) is 12.7. The maximum Gasteiger partial charge on any atom is 0.0537 e. The van der Waals surface area contributed by atoms with Gasteiger partial charge in [0.2, 0.25) is 0 Å². The first kappa shape index (κ1) is 14.2. The van der Waals surface area contributed by atoms with E-state index in [1.165, 1.54) is 37.7 Å². The summed E-state index contributed by atoms with van der Waals surface area (Å²) in [5.41, 5.74) is 1.27. The molecule has 0 aliphatic carbocycles. The van der Waals surface area contributed by atoms with Gasteiger partial charge in [0.25, 0.3) is 0 Å². The van der Waals surface area contributed by atoms with Gasteiger partial charge in [0.05, 0.1) is 6.20 Å². The molecule has 2 atom stereocenters. The van der Waals surface area contributed by atoms with Crippen molar-refractivity contribution < 1.29 is 0 Å². The van der Waals surface area contributed by atoms with Gasteiger partial charge in [-0.15, -0.1) is 0 Å². The first-order chi connectivity index (χ1) is 8.13. The van der Waals surface area contributed by atoms with Gasteiger partial charge < -0.3 is 5.32 Å². The average molecular weight is 237 g/mol. The minimum absolute atomic E-state index is 0.393. The lowest BCUT2D eigenvalue weighted by Crippen LogP contribution is -2.28. The predicted molar refractivity (Wildman–Crippen MR) is 73.0 cm³/mol. The number of aromatic nitrogens is 2. The first-order valence-electron chi connectivity index (χ1n) is 6.88. The summed E-state index contributed by atoms with van der Waals surface area (Å²) in [5, 5.41) is 7.84. The Morgan fingerprint density at radius 3 is 2.65 bits per heavy atom. The number of rotatable bonds is 8. The molecule has 0 saturated carbocycles. The second-order valence-electron chi connectivity index (χ2n) is 5.09. The second kappa shape index (κ2) is 7.49. The molecule has 0 aromatic carbocycles. The molecular weight excluding hydrogens is 210 g/mol. The third-order valence-electron chi connectivity index (χ3n) is 3.25. The Morgan fingerprint density at radius 1 is 1.29 bits per heavy atom. The Morgan fingerprint density at radius 2 is 2.06 bits per heavy atom. The number of unbranched alkanes of at least 4 members (excludes halogenated alkanes) is 3. The minimum atomic E-state index is 0.393. The van der Waals surface area contributed by atoms with Crippen LogP contribution in [0, 0.1) is 0 Å². The summed E-state index contributed by atoms with van der Waals surface area (Å²) in [6.45, 7) is 6.74. The fourth-order valence-electron chi connectivity index (χ4n) is 2.15. The van der Waals surface area contributed by atoms with Gasteiger partial charge in [-0.05, 0) is 20.3 Å². The van der Waals surface area contributed by atoms with Gasteiger partial charge in [-0.1, -0.05) is 32.6 Å². The maximum absolute atomic E-state index is 4.21. The Labute approximate surface area is 106 Å². The molecule has 1 aromatic heterocycles. The first-order valence-corrected chi connectivity index (χ1v) is 6.88. The Balaban J connectivity index is 2.23. The van der Waals surface area contributed by atoms with E-state index in [1.54, 1.807) is 0 Å². The highest BCUT2D eigenvalue weighted by atomic mass is 15.2. The van der Waals surface area contributed by atoms with Crippen LogP contribution in [0.5, 0.6) is 0 Å². The molecule has 1 heterocycles.